The molecule has 0 radical (unpaired) electrons. The third kappa shape index (κ3) is 11.2. The van der Waals surface area contributed by atoms with Gasteiger partial charge in [-0.3, -0.25) is 10.6 Å². The first-order valence-corrected chi connectivity index (χ1v) is 14.8. The summed E-state index contributed by atoms with van der Waals surface area (Å²) in [5.41, 5.74) is -5.00. The van der Waals surface area contributed by atoms with Gasteiger partial charge in [-0.1, -0.05) is 12.1 Å². The molecule has 0 saturated heterocycles. The van der Waals surface area contributed by atoms with E-state index in [1.165, 1.54) is 12.1 Å². The molecule has 20 heteroatoms. The first-order valence-electron chi connectivity index (χ1n) is 14.8. The number of aromatic nitrogens is 2. The minimum Gasteiger partial charge on any atom is -0.477 e. The monoisotopic (exact) mass is 718 g/mol. The molecule has 0 saturated carbocycles. The highest BCUT2D eigenvalue weighted by Gasteiger charge is 2.40. The van der Waals surface area contributed by atoms with Gasteiger partial charge >= 0.3 is 11.9 Å². The first-order chi connectivity index (χ1) is 23.7. The van der Waals surface area contributed by atoms with E-state index in [1.807, 2.05) is 0 Å². The van der Waals surface area contributed by atoms with Crippen LogP contribution in [0, 0.1) is 0 Å². The summed E-state index contributed by atoms with van der Waals surface area (Å²) in [5.74, 6) is -2.22. The molecule has 0 aliphatic carbocycles. The highest BCUT2D eigenvalue weighted by atomic mass is 16.4. The van der Waals surface area contributed by atoms with Gasteiger partial charge in [-0.2, -0.15) is 0 Å². The Bertz CT molecular complexity index is 1320. The Morgan fingerprint density at radius 3 is 0.880 bits per heavy atom. The van der Waals surface area contributed by atoms with Gasteiger partial charge in [-0.25, -0.2) is 19.6 Å². The van der Waals surface area contributed by atoms with Crippen molar-refractivity contribution in [2.45, 2.75) is 22.2 Å². The Balaban J connectivity index is 0.000000383. The van der Waals surface area contributed by atoms with E-state index in [1.54, 1.807) is 24.3 Å². The lowest BCUT2D eigenvalue weighted by molar-refractivity contribution is -0.0310. The number of carboxylic acids is 2. The summed E-state index contributed by atoms with van der Waals surface area (Å²) in [6.07, 6.45) is 0. The van der Waals surface area contributed by atoms with E-state index in [9.17, 15) is 9.59 Å². The molecule has 0 unspecified atom stereocenters. The molecule has 1 aromatic carbocycles. The Hall–Kier alpha value is -3.58. The van der Waals surface area contributed by atoms with Crippen molar-refractivity contribution in [3.63, 3.8) is 0 Å². The molecule has 16 N–H and O–H groups in total. The normalized spacial score (nSPS) is 12.2. The van der Waals surface area contributed by atoms with Crippen LogP contribution in [-0.2, 0) is 0 Å². The van der Waals surface area contributed by atoms with Crippen LogP contribution in [0.5, 0.6) is 0 Å². The second-order valence-electron chi connectivity index (χ2n) is 11.5. The van der Waals surface area contributed by atoms with Crippen molar-refractivity contribution in [3.05, 3.63) is 47.8 Å². The number of carboxylic acid groups (broad SMARTS) is 2. The van der Waals surface area contributed by atoms with Crippen molar-refractivity contribution in [2.75, 3.05) is 79.3 Å². The second-order valence-corrected chi connectivity index (χ2v) is 11.5. The lowest BCUT2D eigenvalue weighted by atomic mass is 9.94. The summed E-state index contributed by atoms with van der Waals surface area (Å²) in [6.45, 7) is -7.15. The van der Waals surface area contributed by atoms with Crippen LogP contribution < -0.4 is 10.6 Å². The standard InChI is InChI=1S/C14H8N2O4.2C8H19NO6/c17-13(18)9-3-1-7-5-8-2-4-10(14(19)20)16-12(8)6-11(7)15-9;2*10-1-7(2-11,3-12)9-8(4-13,5-14)6-15/h1-6H,(H,17,18)(H,19,20);2*9-15H,1-6H2. The van der Waals surface area contributed by atoms with E-state index in [2.05, 4.69) is 20.6 Å². The van der Waals surface area contributed by atoms with Crippen LogP contribution in [0.25, 0.3) is 21.8 Å². The van der Waals surface area contributed by atoms with Gasteiger partial charge in [0.2, 0.25) is 0 Å². The molecule has 2 heterocycles. The van der Waals surface area contributed by atoms with Crippen LogP contribution in [-0.4, -0.2) is 195 Å². The summed E-state index contributed by atoms with van der Waals surface area (Å²) in [5, 5.41) is 132. The number of nitrogens with one attached hydrogen (secondary N) is 2. The number of aromatic carboxylic acids is 2. The van der Waals surface area contributed by atoms with Crippen molar-refractivity contribution in [2.24, 2.45) is 0 Å². The van der Waals surface area contributed by atoms with Crippen LogP contribution in [0.2, 0.25) is 0 Å². The number of rotatable bonds is 18. The van der Waals surface area contributed by atoms with Gasteiger partial charge in [0, 0.05) is 10.8 Å². The number of hydrogen-bond acceptors (Lipinski definition) is 18. The molecule has 50 heavy (non-hydrogen) atoms. The predicted molar refractivity (Wildman–Crippen MR) is 173 cm³/mol. The molecular formula is C30H46N4O16. The molecule has 2 aromatic heterocycles. The summed E-state index contributed by atoms with van der Waals surface area (Å²) in [4.78, 5) is 29.8. The summed E-state index contributed by atoms with van der Waals surface area (Å²) in [6, 6.07) is 9.56. The number of aliphatic hydroxyl groups is 12. The number of pyridine rings is 2. The molecule has 0 amide bonds. The molecule has 282 valence electrons. The van der Waals surface area contributed by atoms with Gasteiger partial charge in [0.05, 0.1) is 112 Å². The zero-order chi connectivity index (χ0) is 38.2. The Labute approximate surface area is 284 Å². The molecule has 0 atom stereocenters. The molecule has 0 spiro atoms. The van der Waals surface area contributed by atoms with E-state index in [0.29, 0.717) is 11.0 Å². The van der Waals surface area contributed by atoms with Crippen molar-refractivity contribution >= 4 is 33.7 Å². The highest BCUT2D eigenvalue weighted by Crippen LogP contribution is 2.21. The largest absolute Gasteiger partial charge is 0.477 e. The van der Waals surface area contributed by atoms with Crippen molar-refractivity contribution in [1.82, 2.24) is 20.6 Å². The number of carbonyl (C=O) groups is 2. The van der Waals surface area contributed by atoms with Crippen LogP contribution in [0.15, 0.2) is 36.4 Å². The molecule has 20 nitrogen and oxygen atoms in total. The third-order valence-electron chi connectivity index (χ3n) is 7.63. The first kappa shape index (κ1) is 44.4. The van der Waals surface area contributed by atoms with Crippen molar-refractivity contribution < 1.29 is 81.1 Å². The second kappa shape index (κ2) is 20.3. The van der Waals surface area contributed by atoms with Gasteiger partial charge < -0.3 is 71.5 Å². The number of benzene rings is 1. The molecule has 3 aromatic rings. The lowest BCUT2D eigenvalue weighted by Gasteiger charge is -2.39. The topological polar surface area (TPSA) is 367 Å². The number of aliphatic hydroxyl groups excluding tert-OH is 12. The maximum atomic E-state index is 10.9. The highest BCUT2D eigenvalue weighted by molar-refractivity contribution is 5.98. The van der Waals surface area contributed by atoms with E-state index in [0.717, 1.165) is 10.8 Å². The molecule has 0 aliphatic rings. The SMILES string of the molecule is O=C(O)c1ccc2cc3ccc(C(=O)O)nc3cc2n1.OCC(CO)(CO)NC(CO)(CO)CO.OCC(CO)(CO)NC(CO)(CO)CO. The summed E-state index contributed by atoms with van der Waals surface area (Å²) < 4.78 is 0. The molecule has 0 fully saturated rings. The number of hydrogen-bond donors (Lipinski definition) is 16. The quantitative estimate of drug-likeness (QED) is 0.0544. The number of fused-ring (bicyclic) bond motifs is 2. The summed E-state index contributed by atoms with van der Waals surface area (Å²) in [7, 11) is 0. The predicted octanol–water partition coefficient (Wildman–Crippen LogP) is -5.81. The lowest BCUT2D eigenvalue weighted by Crippen LogP contribution is -2.68. The summed E-state index contributed by atoms with van der Waals surface area (Å²) >= 11 is 0. The average molecular weight is 719 g/mol. The van der Waals surface area contributed by atoms with Gasteiger partial charge in [0.15, 0.2) is 0 Å². The average Bonchev–Trinajstić information content (AvgIpc) is 3.16. The van der Waals surface area contributed by atoms with E-state index in [-0.39, 0.29) is 11.4 Å². The smallest absolute Gasteiger partial charge is 0.354 e. The zero-order valence-electron chi connectivity index (χ0n) is 26.9. The van der Waals surface area contributed by atoms with Crippen LogP contribution in [0.4, 0.5) is 0 Å². The van der Waals surface area contributed by atoms with Gasteiger partial charge in [-0.05, 0) is 24.3 Å². The third-order valence-corrected chi connectivity index (χ3v) is 7.63. The van der Waals surface area contributed by atoms with Crippen molar-refractivity contribution in [3.8, 4) is 0 Å². The van der Waals surface area contributed by atoms with Crippen molar-refractivity contribution in [1.29, 1.82) is 0 Å². The zero-order valence-corrected chi connectivity index (χ0v) is 26.9. The molecule has 3 rings (SSSR count). The van der Waals surface area contributed by atoms with Gasteiger partial charge in [-0.15, -0.1) is 0 Å². The molecule has 0 bridgehead atoms. The number of nitrogens with zero attached hydrogens (tertiary/aromatic N) is 2. The fourth-order valence-corrected chi connectivity index (χ4v) is 4.18. The fourth-order valence-electron chi connectivity index (χ4n) is 4.18. The van der Waals surface area contributed by atoms with Crippen LogP contribution in [0.1, 0.15) is 21.0 Å². The molecular weight excluding hydrogens is 672 g/mol. The van der Waals surface area contributed by atoms with Crippen LogP contribution in [0.3, 0.4) is 0 Å². The van der Waals surface area contributed by atoms with Gasteiger partial charge in [0.25, 0.3) is 0 Å². The van der Waals surface area contributed by atoms with E-state index >= 15 is 0 Å². The van der Waals surface area contributed by atoms with Gasteiger partial charge in [0.1, 0.15) is 11.4 Å². The molecule has 0 aliphatic heterocycles. The Morgan fingerprint density at radius 1 is 0.440 bits per heavy atom. The fraction of sp³-hybridized carbons (Fsp3) is 0.533. The Morgan fingerprint density at radius 2 is 0.680 bits per heavy atom. The maximum absolute atomic E-state index is 10.9. The minimum atomic E-state index is -1.45. The maximum Gasteiger partial charge on any atom is 0.354 e. The van der Waals surface area contributed by atoms with Crippen LogP contribution >= 0.6 is 0 Å². The Kier molecular flexibility index (Phi) is 18.1. The van der Waals surface area contributed by atoms with E-state index in [4.69, 9.17) is 71.5 Å². The van der Waals surface area contributed by atoms with E-state index < -0.39 is 113 Å². The minimum absolute atomic E-state index is 0.0637.